The van der Waals surface area contributed by atoms with Gasteiger partial charge < -0.3 is 4.42 Å². The minimum absolute atomic E-state index is 0.387. The van der Waals surface area contributed by atoms with E-state index in [9.17, 15) is 4.79 Å². The highest BCUT2D eigenvalue weighted by atomic mass is 79.9. The number of fused-ring (bicyclic) bond motifs is 1. The van der Waals surface area contributed by atoms with E-state index in [1.165, 1.54) is 0 Å². The van der Waals surface area contributed by atoms with Crippen molar-refractivity contribution in [3.8, 4) is 11.5 Å². The standard InChI is InChI=1S/C14H9BrClN3O2/c15-8-2-3-10(16)9(6-8)14-18-11-5-7(13(20)19-17)1-4-12(11)21-14/h1-6H,17H2,(H,19,20). The van der Waals surface area contributed by atoms with Gasteiger partial charge in [-0.1, -0.05) is 27.5 Å². The van der Waals surface area contributed by atoms with E-state index in [0.717, 1.165) is 4.47 Å². The van der Waals surface area contributed by atoms with Crippen LogP contribution in [-0.4, -0.2) is 10.9 Å². The van der Waals surface area contributed by atoms with Gasteiger partial charge in [-0.15, -0.1) is 0 Å². The average Bonchev–Trinajstić information content (AvgIpc) is 2.91. The molecule has 3 rings (SSSR count). The van der Waals surface area contributed by atoms with Crippen LogP contribution in [0.5, 0.6) is 0 Å². The van der Waals surface area contributed by atoms with Crippen molar-refractivity contribution in [3.05, 3.63) is 51.5 Å². The van der Waals surface area contributed by atoms with Crippen LogP contribution < -0.4 is 11.3 Å². The molecule has 3 aromatic rings. The van der Waals surface area contributed by atoms with E-state index in [1.807, 2.05) is 12.1 Å². The minimum atomic E-state index is -0.387. The van der Waals surface area contributed by atoms with Gasteiger partial charge in [-0.25, -0.2) is 10.8 Å². The van der Waals surface area contributed by atoms with Crippen LogP contribution in [-0.2, 0) is 0 Å². The summed E-state index contributed by atoms with van der Waals surface area (Å²) in [5.41, 5.74) is 4.28. The summed E-state index contributed by atoms with van der Waals surface area (Å²) >= 11 is 9.54. The number of nitrogens with zero attached hydrogens (tertiary/aromatic N) is 1. The second-order valence-corrected chi connectivity index (χ2v) is 5.62. The van der Waals surface area contributed by atoms with Crippen LogP contribution in [0.15, 0.2) is 45.3 Å². The van der Waals surface area contributed by atoms with E-state index in [1.54, 1.807) is 24.3 Å². The Kier molecular flexibility index (Phi) is 3.67. The third-order valence-corrected chi connectivity index (χ3v) is 3.76. The number of halogens is 2. The monoisotopic (exact) mass is 365 g/mol. The molecule has 0 saturated carbocycles. The van der Waals surface area contributed by atoms with E-state index in [2.05, 4.69) is 26.3 Å². The van der Waals surface area contributed by atoms with Gasteiger partial charge in [0.2, 0.25) is 5.89 Å². The van der Waals surface area contributed by atoms with Crippen molar-refractivity contribution in [2.45, 2.75) is 0 Å². The number of nitrogens with one attached hydrogen (secondary N) is 1. The molecule has 1 aromatic heterocycles. The molecule has 0 unspecified atom stereocenters. The van der Waals surface area contributed by atoms with Crippen molar-refractivity contribution < 1.29 is 9.21 Å². The maximum atomic E-state index is 11.5. The molecule has 106 valence electrons. The van der Waals surface area contributed by atoms with Crippen molar-refractivity contribution in [1.29, 1.82) is 0 Å². The van der Waals surface area contributed by atoms with Crippen LogP contribution in [0, 0.1) is 0 Å². The number of hydrazine groups is 1. The van der Waals surface area contributed by atoms with Gasteiger partial charge in [-0.05, 0) is 36.4 Å². The normalized spacial score (nSPS) is 10.8. The third kappa shape index (κ3) is 2.65. The zero-order valence-electron chi connectivity index (χ0n) is 10.6. The van der Waals surface area contributed by atoms with Crippen LogP contribution >= 0.6 is 27.5 Å². The Balaban J connectivity index is 2.13. The molecule has 7 heteroatoms. The van der Waals surface area contributed by atoms with E-state index in [-0.39, 0.29) is 5.91 Å². The summed E-state index contributed by atoms with van der Waals surface area (Å²) in [5, 5.41) is 0.532. The van der Waals surface area contributed by atoms with Crippen molar-refractivity contribution in [2.75, 3.05) is 0 Å². The lowest BCUT2D eigenvalue weighted by Gasteiger charge is -1.99. The van der Waals surface area contributed by atoms with Crippen LogP contribution in [0.1, 0.15) is 10.4 Å². The van der Waals surface area contributed by atoms with E-state index in [4.69, 9.17) is 21.9 Å². The molecule has 1 amide bonds. The smallest absolute Gasteiger partial charge is 0.265 e. The lowest BCUT2D eigenvalue weighted by molar-refractivity contribution is 0.0954. The molecule has 0 aliphatic carbocycles. The summed E-state index contributed by atoms with van der Waals surface area (Å²) in [5.74, 6) is 5.12. The molecule has 21 heavy (non-hydrogen) atoms. The molecule has 0 aliphatic rings. The number of carbonyl (C=O) groups excluding carboxylic acids is 1. The number of hydrogen-bond acceptors (Lipinski definition) is 4. The Labute approximate surface area is 133 Å². The van der Waals surface area contributed by atoms with Crippen LogP contribution in [0.25, 0.3) is 22.6 Å². The number of rotatable bonds is 2. The Morgan fingerprint density at radius 3 is 2.86 bits per heavy atom. The molecule has 0 bridgehead atoms. The zero-order valence-corrected chi connectivity index (χ0v) is 12.9. The fourth-order valence-electron chi connectivity index (χ4n) is 1.93. The highest BCUT2D eigenvalue weighted by molar-refractivity contribution is 9.10. The van der Waals surface area contributed by atoms with Crippen LogP contribution in [0.4, 0.5) is 0 Å². The maximum absolute atomic E-state index is 11.5. The first-order chi connectivity index (χ1) is 10.1. The first kappa shape index (κ1) is 14.1. The number of carbonyl (C=O) groups is 1. The van der Waals surface area contributed by atoms with Gasteiger partial charge in [0.05, 0.1) is 10.6 Å². The number of nitrogen functional groups attached to an aromatic ring is 1. The first-order valence-electron chi connectivity index (χ1n) is 5.95. The van der Waals surface area contributed by atoms with Crippen molar-refractivity contribution >= 4 is 44.5 Å². The highest BCUT2D eigenvalue weighted by Gasteiger charge is 2.14. The molecule has 0 spiro atoms. The summed E-state index contributed by atoms with van der Waals surface area (Å²) < 4.78 is 6.55. The number of oxazole rings is 1. The van der Waals surface area contributed by atoms with Gasteiger partial charge in [0.15, 0.2) is 5.58 Å². The van der Waals surface area contributed by atoms with Crippen molar-refractivity contribution in [3.63, 3.8) is 0 Å². The van der Waals surface area contributed by atoms with Gasteiger partial charge in [0, 0.05) is 10.0 Å². The minimum Gasteiger partial charge on any atom is -0.436 e. The molecule has 0 atom stereocenters. The molecule has 0 aliphatic heterocycles. The number of nitrogens with two attached hydrogens (primary N) is 1. The average molecular weight is 367 g/mol. The largest absolute Gasteiger partial charge is 0.436 e. The second-order valence-electron chi connectivity index (χ2n) is 4.30. The topological polar surface area (TPSA) is 81.1 Å². The summed E-state index contributed by atoms with van der Waals surface area (Å²) in [6.07, 6.45) is 0. The Morgan fingerprint density at radius 2 is 2.10 bits per heavy atom. The summed E-state index contributed by atoms with van der Waals surface area (Å²) in [6.45, 7) is 0. The predicted molar refractivity (Wildman–Crippen MR) is 83.8 cm³/mol. The second kappa shape index (κ2) is 5.48. The lowest BCUT2D eigenvalue weighted by atomic mass is 10.2. The fourth-order valence-corrected chi connectivity index (χ4v) is 2.49. The first-order valence-corrected chi connectivity index (χ1v) is 7.12. The molecular formula is C14H9BrClN3O2. The SMILES string of the molecule is NNC(=O)c1ccc2oc(-c3cc(Br)ccc3Cl)nc2c1. The van der Waals surface area contributed by atoms with Gasteiger partial charge in [0.25, 0.3) is 5.91 Å². The van der Waals surface area contributed by atoms with Gasteiger partial charge >= 0.3 is 0 Å². The van der Waals surface area contributed by atoms with Gasteiger partial charge in [-0.2, -0.15) is 0 Å². The summed E-state index contributed by atoms with van der Waals surface area (Å²) in [7, 11) is 0. The predicted octanol–water partition coefficient (Wildman–Crippen LogP) is 3.51. The molecule has 1 heterocycles. The lowest BCUT2D eigenvalue weighted by Crippen LogP contribution is -2.29. The molecule has 0 radical (unpaired) electrons. The van der Waals surface area contributed by atoms with Gasteiger partial charge in [0.1, 0.15) is 5.52 Å². The van der Waals surface area contributed by atoms with Crippen LogP contribution in [0.2, 0.25) is 5.02 Å². The number of hydrogen-bond donors (Lipinski definition) is 2. The number of amides is 1. The maximum Gasteiger partial charge on any atom is 0.265 e. The number of benzene rings is 2. The molecule has 0 fully saturated rings. The van der Waals surface area contributed by atoms with Gasteiger partial charge in [-0.3, -0.25) is 10.2 Å². The molecule has 0 saturated heterocycles. The van der Waals surface area contributed by atoms with Crippen LogP contribution in [0.3, 0.4) is 0 Å². The quantitative estimate of drug-likeness (QED) is 0.413. The van der Waals surface area contributed by atoms with E-state index < -0.39 is 0 Å². The van der Waals surface area contributed by atoms with E-state index in [0.29, 0.717) is 33.1 Å². The molecule has 5 nitrogen and oxygen atoms in total. The summed E-state index contributed by atoms with van der Waals surface area (Å²) in [6, 6.07) is 10.3. The molecular weight excluding hydrogens is 358 g/mol. The molecule has 3 N–H and O–H groups in total. The number of aromatic nitrogens is 1. The Bertz CT molecular complexity index is 847. The molecule has 2 aromatic carbocycles. The highest BCUT2D eigenvalue weighted by Crippen LogP contribution is 2.32. The van der Waals surface area contributed by atoms with Crippen molar-refractivity contribution in [2.24, 2.45) is 5.84 Å². The Hall–Kier alpha value is -1.89. The zero-order chi connectivity index (χ0) is 15.0. The fraction of sp³-hybridized carbons (Fsp3) is 0. The Morgan fingerprint density at radius 1 is 1.29 bits per heavy atom. The third-order valence-electron chi connectivity index (χ3n) is 2.94. The van der Waals surface area contributed by atoms with Crippen molar-refractivity contribution in [1.82, 2.24) is 10.4 Å². The summed E-state index contributed by atoms with van der Waals surface area (Å²) in [4.78, 5) is 15.9. The van der Waals surface area contributed by atoms with E-state index >= 15 is 0 Å².